The Morgan fingerprint density at radius 1 is 1.03 bits per heavy atom. The zero-order chi connectivity index (χ0) is 25.9. The number of amides is 4. The zero-order valence-electron chi connectivity index (χ0n) is 19.8. The number of halogens is 3. The van der Waals surface area contributed by atoms with Crippen LogP contribution < -0.4 is 15.5 Å². The maximum Gasteiger partial charge on any atom is 0.416 e. The van der Waals surface area contributed by atoms with Gasteiger partial charge in [0, 0.05) is 31.0 Å². The van der Waals surface area contributed by atoms with Crippen molar-refractivity contribution in [3.8, 4) is 0 Å². The SMILES string of the molecule is CCNC(=O)CN1CN(c2ccccc2)C2(CCN(C(=O)Nc3cccc(C(F)(F)F)c3)CC2)C1=O. The van der Waals surface area contributed by atoms with E-state index in [1.54, 1.807) is 0 Å². The van der Waals surface area contributed by atoms with Gasteiger partial charge in [0.2, 0.25) is 5.91 Å². The Morgan fingerprint density at radius 3 is 2.36 bits per heavy atom. The number of hydrogen-bond acceptors (Lipinski definition) is 4. The van der Waals surface area contributed by atoms with E-state index in [-0.39, 0.29) is 43.8 Å². The molecule has 2 heterocycles. The fourth-order valence-corrected chi connectivity index (χ4v) is 4.80. The van der Waals surface area contributed by atoms with Gasteiger partial charge in [-0.15, -0.1) is 0 Å². The van der Waals surface area contributed by atoms with Gasteiger partial charge in [-0.2, -0.15) is 13.2 Å². The smallest absolute Gasteiger partial charge is 0.355 e. The minimum atomic E-state index is -4.51. The molecule has 0 radical (unpaired) electrons. The minimum absolute atomic E-state index is 0.0473. The van der Waals surface area contributed by atoms with Crippen molar-refractivity contribution in [3.05, 3.63) is 60.2 Å². The summed E-state index contributed by atoms with van der Waals surface area (Å²) in [6.07, 6.45) is -3.87. The summed E-state index contributed by atoms with van der Waals surface area (Å²) in [5.74, 6) is -0.413. The number of carbonyl (C=O) groups is 3. The zero-order valence-corrected chi connectivity index (χ0v) is 19.8. The molecule has 0 aromatic heterocycles. The topological polar surface area (TPSA) is 85.0 Å². The van der Waals surface area contributed by atoms with Crippen LogP contribution in [0.4, 0.5) is 29.3 Å². The molecule has 0 bridgehead atoms. The summed E-state index contributed by atoms with van der Waals surface area (Å²) < 4.78 is 39.0. The van der Waals surface area contributed by atoms with Crippen molar-refractivity contribution in [3.63, 3.8) is 0 Å². The van der Waals surface area contributed by atoms with Gasteiger partial charge in [0.25, 0.3) is 5.91 Å². The molecule has 2 fully saturated rings. The number of hydrogen-bond donors (Lipinski definition) is 2. The van der Waals surface area contributed by atoms with E-state index in [2.05, 4.69) is 10.6 Å². The maximum atomic E-state index is 13.6. The highest BCUT2D eigenvalue weighted by molar-refractivity contribution is 5.97. The quantitative estimate of drug-likeness (QED) is 0.654. The van der Waals surface area contributed by atoms with E-state index in [9.17, 15) is 27.6 Å². The Bertz CT molecular complexity index is 1120. The number of para-hydroxylation sites is 1. The number of likely N-dealkylation sites (tertiary alicyclic amines) is 1. The molecule has 2 aromatic rings. The summed E-state index contributed by atoms with van der Waals surface area (Å²) in [7, 11) is 0. The molecule has 0 aliphatic carbocycles. The second kappa shape index (κ2) is 10.1. The second-order valence-corrected chi connectivity index (χ2v) is 8.89. The number of nitrogens with one attached hydrogen (secondary N) is 2. The Balaban J connectivity index is 1.49. The molecule has 192 valence electrons. The van der Waals surface area contributed by atoms with Crippen LogP contribution in [-0.2, 0) is 15.8 Å². The number of urea groups is 1. The molecule has 2 aromatic carbocycles. The molecule has 11 heteroatoms. The first kappa shape index (κ1) is 25.3. The lowest BCUT2D eigenvalue weighted by molar-refractivity contribution is -0.137. The number of benzene rings is 2. The number of piperidine rings is 1. The molecule has 0 unspecified atom stereocenters. The second-order valence-electron chi connectivity index (χ2n) is 8.89. The summed E-state index contributed by atoms with van der Waals surface area (Å²) in [6.45, 7) is 2.92. The first-order valence-electron chi connectivity index (χ1n) is 11.8. The van der Waals surface area contributed by atoms with Crippen LogP contribution in [0.15, 0.2) is 54.6 Å². The molecule has 2 aliphatic rings. The van der Waals surface area contributed by atoms with Gasteiger partial charge in [-0.3, -0.25) is 9.59 Å². The summed E-state index contributed by atoms with van der Waals surface area (Å²) in [6, 6.07) is 13.4. The maximum absolute atomic E-state index is 13.6. The highest BCUT2D eigenvalue weighted by atomic mass is 19.4. The summed E-state index contributed by atoms with van der Waals surface area (Å²) >= 11 is 0. The third-order valence-corrected chi connectivity index (χ3v) is 6.61. The van der Waals surface area contributed by atoms with Crippen LogP contribution in [-0.4, -0.2) is 66.0 Å². The molecule has 2 aliphatic heterocycles. The van der Waals surface area contributed by atoms with Crippen LogP contribution in [0.1, 0.15) is 25.3 Å². The lowest BCUT2D eigenvalue weighted by Crippen LogP contribution is -2.58. The summed E-state index contributed by atoms with van der Waals surface area (Å²) in [4.78, 5) is 43.6. The van der Waals surface area contributed by atoms with Crippen molar-refractivity contribution in [2.24, 2.45) is 0 Å². The lowest BCUT2D eigenvalue weighted by Gasteiger charge is -2.43. The van der Waals surface area contributed by atoms with E-state index in [1.807, 2.05) is 42.2 Å². The number of nitrogens with zero attached hydrogens (tertiary/aromatic N) is 3. The first-order valence-corrected chi connectivity index (χ1v) is 11.8. The lowest BCUT2D eigenvalue weighted by atomic mass is 9.85. The molecule has 0 saturated carbocycles. The number of alkyl halides is 3. The Labute approximate surface area is 207 Å². The average Bonchev–Trinajstić information content (AvgIpc) is 3.11. The van der Waals surface area contributed by atoms with Gasteiger partial charge in [-0.25, -0.2) is 4.79 Å². The molecule has 36 heavy (non-hydrogen) atoms. The van der Waals surface area contributed by atoms with Gasteiger partial charge in [-0.1, -0.05) is 24.3 Å². The molecule has 4 amide bonds. The van der Waals surface area contributed by atoms with Crippen LogP contribution >= 0.6 is 0 Å². The fraction of sp³-hybridized carbons (Fsp3) is 0.400. The van der Waals surface area contributed by atoms with Crippen LogP contribution in [0.5, 0.6) is 0 Å². The minimum Gasteiger partial charge on any atom is -0.355 e. The van der Waals surface area contributed by atoms with Gasteiger partial charge in [0.05, 0.1) is 12.2 Å². The van der Waals surface area contributed by atoms with Crippen molar-refractivity contribution >= 4 is 29.2 Å². The first-order chi connectivity index (χ1) is 17.1. The number of likely N-dealkylation sites (N-methyl/N-ethyl adjacent to an activating group) is 1. The van der Waals surface area contributed by atoms with Crippen molar-refractivity contribution in [2.75, 3.05) is 43.1 Å². The largest absolute Gasteiger partial charge is 0.416 e. The highest BCUT2D eigenvalue weighted by Crippen LogP contribution is 2.39. The van der Waals surface area contributed by atoms with E-state index < -0.39 is 23.3 Å². The fourth-order valence-electron chi connectivity index (χ4n) is 4.80. The van der Waals surface area contributed by atoms with Crippen LogP contribution in [0.25, 0.3) is 0 Å². The van der Waals surface area contributed by atoms with E-state index in [1.165, 1.54) is 21.9 Å². The summed E-state index contributed by atoms with van der Waals surface area (Å²) in [5.41, 5.74) is -0.877. The van der Waals surface area contributed by atoms with E-state index in [0.29, 0.717) is 19.4 Å². The normalized spacial score (nSPS) is 17.4. The Morgan fingerprint density at radius 2 is 1.72 bits per heavy atom. The Kier molecular flexibility index (Phi) is 7.09. The van der Waals surface area contributed by atoms with Crippen LogP contribution in [0.3, 0.4) is 0 Å². The molecule has 0 atom stereocenters. The number of carbonyl (C=O) groups excluding carboxylic acids is 3. The van der Waals surface area contributed by atoms with Crippen molar-refractivity contribution in [1.82, 2.24) is 15.1 Å². The molecule has 1 spiro atoms. The van der Waals surface area contributed by atoms with Crippen molar-refractivity contribution in [2.45, 2.75) is 31.5 Å². The van der Waals surface area contributed by atoms with Crippen LogP contribution in [0.2, 0.25) is 0 Å². The predicted molar refractivity (Wildman–Crippen MR) is 128 cm³/mol. The molecule has 2 N–H and O–H groups in total. The van der Waals surface area contributed by atoms with E-state index in [4.69, 9.17) is 0 Å². The van der Waals surface area contributed by atoms with Crippen molar-refractivity contribution < 1.29 is 27.6 Å². The van der Waals surface area contributed by atoms with Gasteiger partial charge in [-0.05, 0) is 50.1 Å². The van der Waals surface area contributed by atoms with Gasteiger partial charge >= 0.3 is 12.2 Å². The highest BCUT2D eigenvalue weighted by Gasteiger charge is 2.54. The predicted octanol–water partition coefficient (Wildman–Crippen LogP) is 3.51. The monoisotopic (exact) mass is 503 g/mol. The Hall–Kier alpha value is -3.76. The standard InChI is InChI=1S/C25H28F3N5O3/c1-2-29-21(34)16-32-17-33(20-9-4-3-5-10-20)24(22(32)35)11-13-31(14-12-24)23(36)30-19-8-6-7-18(15-19)25(26,27)28/h3-10,15H,2,11-14,16-17H2,1H3,(H,29,34)(H,30,36). The molecular weight excluding hydrogens is 475 g/mol. The van der Waals surface area contributed by atoms with Crippen molar-refractivity contribution in [1.29, 1.82) is 0 Å². The molecule has 8 nitrogen and oxygen atoms in total. The van der Waals surface area contributed by atoms with E-state index >= 15 is 0 Å². The van der Waals surface area contributed by atoms with Gasteiger partial charge in [0.15, 0.2) is 0 Å². The molecular formula is C25H28F3N5O3. The van der Waals surface area contributed by atoms with Gasteiger partial charge < -0.3 is 25.3 Å². The number of rotatable bonds is 5. The number of anilines is 2. The third kappa shape index (κ3) is 5.09. The molecule has 4 rings (SSSR count). The molecule has 2 saturated heterocycles. The third-order valence-electron chi connectivity index (χ3n) is 6.61. The van der Waals surface area contributed by atoms with Gasteiger partial charge in [0.1, 0.15) is 12.1 Å². The van der Waals surface area contributed by atoms with Crippen LogP contribution in [0, 0.1) is 0 Å². The van der Waals surface area contributed by atoms with E-state index in [0.717, 1.165) is 17.8 Å². The average molecular weight is 504 g/mol. The summed E-state index contributed by atoms with van der Waals surface area (Å²) in [5, 5.41) is 5.25.